The van der Waals surface area contributed by atoms with Gasteiger partial charge in [-0.05, 0) is 47.4 Å². The third-order valence-electron chi connectivity index (χ3n) is 7.69. The summed E-state index contributed by atoms with van der Waals surface area (Å²) in [5.41, 5.74) is 0.107. The number of anilines is 1. The minimum absolute atomic E-state index is 0.155. The van der Waals surface area contributed by atoms with Crippen LogP contribution in [0.25, 0.3) is 0 Å². The van der Waals surface area contributed by atoms with Crippen LogP contribution in [0, 0.1) is 11.8 Å². The number of amides is 2. The number of imide groups is 1. The van der Waals surface area contributed by atoms with Crippen LogP contribution in [0.2, 0.25) is 5.02 Å². The minimum atomic E-state index is -4.69. The van der Waals surface area contributed by atoms with E-state index in [-0.39, 0.29) is 16.5 Å². The number of Topliss-reactive ketones (excluding diaryl/α,β-unsaturated/α-hetero) is 1. The molecule has 0 saturated carbocycles. The van der Waals surface area contributed by atoms with Gasteiger partial charge in [0, 0.05) is 5.92 Å². The van der Waals surface area contributed by atoms with Crippen molar-refractivity contribution >= 4 is 34.9 Å². The highest BCUT2D eigenvalue weighted by atomic mass is 35.5. The summed E-state index contributed by atoms with van der Waals surface area (Å²) in [4.78, 5) is 42.2. The van der Waals surface area contributed by atoms with Gasteiger partial charge >= 0.3 is 6.18 Å². The van der Waals surface area contributed by atoms with Crippen LogP contribution < -0.4 is 4.90 Å². The second-order valence-corrected chi connectivity index (χ2v) is 9.60. The molecule has 2 atom stereocenters. The Bertz CT molecular complexity index is 1420. The highest BCUT2D eigenvalue weighted by Crippen LogP contribution is 2.64. The second kappa shape index (κ2) is 7.04. The number of nitrogens with zero attached hydrogens (tertiary/aromatic N) is 1. The minimum Gasteiger partial charge on any atom is -0.299 e. The predicted molar refractivity (Wildman–Crippen MR) is 122 cm³/mol. The number of alkyl halides is 3. The van der Waals surface area contributed by atoms with Crippen molar-refractivity contribution in [1.82, 2.24) is 0 Å². The van der Waals surface area contributed by atoms with E-state index in [2.05, 4.69) is 0 Å². The van der Waals surface area contributed by atoms with Crippen LogP contribution in [-0.2, 0) is 26.0 Å². The van der Waals surface area contributed by atoms with Gasteiger partial charge in [-0.1, -0.05) is 60.1 Å². The zero-order valence-electron chi connectivity index (χ0n) is 18.3. The Balaban J connectivity index is 1.63. The normalized spacial score (nSPS) is 26.4. The average molecular weight is 496 g/mol. The van der Waals surface area contributed by atoms with Gasteiger partial charge in [0.25, 0.3) is 0 Å². The van der Waals surface area contributed by atoms with Crippen molar-refractivity contribution in [3.8, 4) is 0 Å². The molecule has 2 amide bonds. The Labute approximate surface area is 203 Å². The molecule has 4 aliphatic rings. The fraction of sp³-hybridized carbons (Fsp3) is 0.222. The second-order valence-electron chi connectivity index (χ2n) is 9.20. The summed E-state index contributed by atoms with van der Waals surface area (Å²) in [6.07, 6.45) is -4.69. The highest BCUT2D eigenvalue weighted by Gasteiger charge is 2.70. The molecule has 1 heterocycles. The first kappa shape index (κ1) is 22.0. The van der Waals surface area contributed by atoms with Crippen molar-refractivity contribution < 1.29 is 27.6 Å². The Hall–Kier alpha value is -3.45. The van der Waals surface area contributed by atoms with Crippen LogP contribution in [0.1, 0.15) is 40.7 Å². The third-order valence-corrected chi connectivity index (χ3v) is 8.01. The molecule has 3 aromatic carbocycles. The highest BCUT2D eigenvalue weighted by molar-refractivity contribution is 6.36. The summed E-state index contributed by atoms with van der Waals surface area (Å²) in [6, 6.07) is 17.0. The molecule has 1 aliphatic heterocycles. The van der Waals surface area contributed by atoms with Gasteiger partial charge in [-0.15, -0.1) is 0 Å². The van der Waals surface area contributed by atoms with Crippen molar-refractivity contribution in [3.05, 3.63) is 99.6 Å². The zero-order chi connectivity index (χ0) is 24.9. The zero-order valence-corrected chi connectivity index (χ0v) is 19.0. The van der Waals surface area contributed by atoms with Gasteiger partial charge in [0.1, 0.15) is 5.78 Å². The van der Waals surface area contributed by atoms with E-state index in [9.17, 15) is 27.6 Å². The van der Waals surface area contributed by atoms with Crippen molar-refractivity contribution in [3.63, 3.8) is 0 Å². The molecule has 0 N–H and O–H groups in total. The fourth-order valence-corrected chi connectivity index (χ4v) is 6.67. The molecule has 1 fully saturated rings. The van der Waals surface area contributed by atoms with E-state index >= 15 is 0 Å². The Kier molecular flexibility index (Phi) is 4.43. The smallest absolute Gasteiger partial charge is 0.299 e. The predicted octanol–water partition coefficient (Wildman–Crippen LogP) is 5.50. The SMILES string of the molecule is CC(=O)C12c3ccccc3C(c3ccccc31)C1C(=O)N(c3cc(C(F)(F)F)ccc3Cl)C(=O)C12. The Morgan fingerprint density at radius 3 is 2.03 bits per heavy atom. The summed E-state index contributed by atoms with van der Waals surface area (Å²) in [6.45, 7) is 1.40. The lowest BCUT2D eigenvalue weighted by Crippen LogP contribution is -2.57. The van der Waals surface area contributed by atoms with Gasteiger partial charge in [0.2, 0.25) is 11.8 Å². The molecule has 176 valence electrons. The van der Waals surface area contributed by atoms with Gasteiger partial charge < -0.3 is 0 Å². The molecule has 1 saturated heterocycles. The number of rotatable bonds is 2. The maximum atomic E-state index is 14.0. The van der Waals surface area contributed by atoms with Gasteiger partial charge in [-0.3, -0.25) is 14.4 Å². The lowest BCUT2D eigenvalue weighted by molar-refractivity contribution is -0.137. The summed E-state index contributed by atoms with van der Waals surface area (Å²) < 4.78 is 40.4. The van der Waals surface area contributed by atoms with Crippen molar-refractivity contribution in [1.29, 1.82) is 0 Å². The van der Waals surface area contributed by atoms with Crippen LogP contribution in [0.5, 0.6) is 0 Å². The molecule has 8 heteroatoms. The fourth-order valence-electron chi connectivity index (χ4n) is 6.47. The lowest BCUT2D eigenvalue weighted by atomic mass is 9.46. The standard InChI is InChI=1S/C27H17ClF3NO3/c1-13(33)26-17-8-4-2-6-15(17)21(16-7-3-5-9-18(16)26)22-23(26)25(35)32(24(22)34)20-12-14(27(29,30)31)10-11-19(20)28/h2-12,21-23H,1H3. The Morgan fingerprint density at radius 1 is 0.914 bits per heavy atom. The maximum Gasteiger partial charge on any atom is 0.416 e. The average Bonchev–Trinajstić information content (AvgIpc) is 3.09. The monoisotopic (exact) mass is 495 g/mol. The molecule has 3 aliphatic carbocycles. The molecular formula is C27H17ClF3NO3. The number of hydrogen-bond acceptors (Lipinski definition) is 3. The molecule has 2 bridgehead atoms. The van der Waals surface area contributed by atoms with Crippen LogP contribution >= 0.6 is 11.6 Å². The quantitative estimate of drug-likeness (QED) is 0.441. The Morgan fingerprint density at radius 2 is 1.49 bits per heavy atom. The van der Waals surface area contributed by atoms with E-state index in [0.717, 1.165) is 34.2 Å². The summed E-state index contributed by atoms with van der Waals surface area (Å²) in [5.74, 6) is -4.22. The molecule has 0 aromatic heterocycles. The number of carbonyl (C=O) groups excluding carboxylic acids is 3. The van der Waals surface area contributed by atoms with E-state index < -0.39 is 46.7 Å². The first-order valence-electron chi connectivity index (χ1n) is 11.0. The van der Waals surface area contributed by atoms with E-state index in [1.165, 1.54) is 6.92 Å². The first-order chi connectivity index (χ1) is 16.6. The maximum absolute atomic E-state index is 14.0. The largest absolute Gasteiger partial charge is 0.416 e. The van der Waals surface area contributed by atoms with Gasteiger partial charge in [-0.25, -0.2) is 4.90 Å². The first-order valence-corrected chi connectivity index (χ1v) is 11.4. The molecule has 3 aromatic rings. The molecule has 35 heavy (non-hydrogen) atoms. The van der Waals surface area contributed by atoms with Crippen LogP contribution in [0.4, 0.5) is 18.9 Å². The van der Waals surface area contributed by atoms with Crippen molar-refractivity contribution in [2.45, 2.75) is 24.4 Å². The molecule has 4 nitrogen and oxygen atoms in total. The van der Waals surface area contributed by atoms with E-state index in [0.29, 0.717) is 11.1 Å². The molecular weight excluding hydrogens is 479 g/mol. The summed E-state index contributed by atoms with van der Waals surface area (Å²) in [7, 11) is 0. The number of hydrogen-bond donors (Lipinski definition) is 0. The molecule has 7 rings (SSSR count). The molecule has 0 spiro atoms. The summed E-state index contributed by atoms with van der Waals surface area (Å²) >= 11 is 6.24. The van der Waals surface area contributed by atoms with E-state index in [1.54, 1.807) is 24.3 Å². The van der Waals surface area contributed by atoms with Crippen LogP contribution in [-0.4, -0.2) is 17.6 Å². The van der Waals surface area contributed by atoms with Crippen molar-refractivity contribution in [2.75, 3.05) is 4.90 Å². The van der Waals surface area contributed by atoms with Crippen LogP contribution in [0.3, 0.4) is 0 Å². The lowest BCUT2D eigenvalue weighted by Gasteiger charge is -2.52. The number of carbonyl (C=O) groups is 3. The van der Waals surface area contributed by atoms with E-state index in [1.807, 2.05) is 24.3 Å². The van der Waals surface area contributed by atoms with E-state index in [4.69, 9.17) is 11.6 Å². The van der Waals surface area contributed by atoms with Gasteiger partial charge in [0.05, 0.1) is 33.5 Å². The number of halogens is 4. The molecule has 0 radical (unpaired) electrons. The number of benzene rings is 3. The van der Waals surface area contributed by atoms with Gasteiger partial charge in [-0.2, -0.15) is 13.2 Å². The van der Waals surface area contributed by atoms with Gasteiger partial charge in [0.15, 0.2) is 0 Å². The van der Waals surface area contributed by atoms with Crippen molar-refractivity contribution in [2.24, 2.45) is 11.8 Å². The molecule has 2 unspecified atom stereocenters. The third kappa shape index (κ3) is 2.62. The number of ketones is 1. The summed E-state index contributed by atoms with van der Waals surface area (Å²) in [5, 5.41) is -0.155. The van der Waals surface area contributed by atoms with Crippen LogP contribution in [0.15, 0.2) is 66.7 Å². The topological polar surface area (TPSA) is 54.5 Å².